The van der Waals surface area contributed by atoms with Crippen molar-refractivity contribution in [3.63, 3.8) is 0 Å². The summed E-state index contributed by atoms with van der Waals surface area (Å²) in [6.45, 7) is 8.51. The van der Waals surface area contributed by atoms with Crippen molar-refractivity contribution in [2.75, 3.05) is 10.6 Å². The van der Waals surface area contributed by atoms with Gasteiger partial charge in [-0.15, -0.1) is 0 Å². The van der Waals surface area contributed by atoms with Gasteiger partial charge in [-0.2, -0.15) is 0 Å². The van der Waals surface area contributed by atoms with Gasteiger partial charge in [-0.25, -0.2) is 0 Å². The van der Waals surface area contributed by atoms with E-state index in [4.69, 9.17) is 0 Å². The minimum absolute atomic E-state index is 0.0153. The van der Waals surface area contributed by atoms with E-state index in [1.807, 2.05) is 0 Å². The van der Waals surface area contributed by atoms with Crippen molar-refractivity contribution in [2.45, 2.75) is 40.2 Å². The lowest BCUT2D eigenvalue weighted by Gasteiger charge is -2.40. The summed E-state index contributed by atoms with van der Waals surface area (Å²) in [7, 11) is 0. The van der Waals surface area contributed by atoms with Gasteiger partial charge in [0.25, 0.3) is 0 Å². The van der Waals surface area contributed by atoms with Gasteiger partial charge in [-0.3, -0.25) is 4.79 Å². The number of anilines is 1. The highest BCUT2D eigenvalue weighted by Crippen LogP contribution is 2.53. The van der Waals surface area contributed by atoms with Crippen LogP contribution in [0.5, 0.6) is 0 Å². The molecule has 0 fully saturated rings. The molecule has 0 saturated heterocycles. The molecule has 4 rings (SSSR count). The van der Waals surface area contributed by atoms with Crippen LogP contribution in [-0.4, -0.2) is 17.3 Å². The third-order valence-corrected chi connectivity index (χ3v) is 7.11. The van der Waals surface area contributed by atoms with Crippen LogP contribution in [0.1, 0.15) is 40.8 Å². The number of aliphatic carboxylic acids is 1. The van der Waals surface area contributed by atoms with Crippen LogP contribution < -0.4 is 4.31 Å². The number of aryl methyl sites for hydroxylation is 1. The lowest BCUT2D eigenvalue weighted by Crippen LogP contribution is -2.26. The Kier molecular flexibility index (Phi) is 5.37. The molecule has 1 aliphatic rings. The van der Waals surface area contributed by atoms with Crippen LogP contribution in [0.15, 0.2) is 48.5 Å². The quantitative estimate of drug-likeness (QED) is 0.478. The number of hydrogen-bond acceptors (Lipinski definition) is 3. The number of carboxylic acids is 1. The Bertz CT molecular complexity index is 1130. The summed E-state index contributed by atoms with van der Waals surface area (Å²) in [6.07, 6.45) is 2.11. The molecular formula is C26H27NO2S. The number of hydrogen-bond donors (Lipinski definition) is 1. The molecule has 3 aromatic carbocycles. The van der Waals surface area contributed by atoms with Crippen molar-refractivity contribution in [3.8, 4) is 22.3 Å². The van der Waals surface area contributed by atoms with Crippen LogP contribution in [0.25, 0.3) is 22.3 Å². The first-order valence-electron chi connectivity index (χ1n) is 10.2. The van der Waals surface area contributed by atoms with Crippen LogP contribution in [0, 0.1) is 20.8 Å². The fourth-order valence-electron chi connectivity index (χ4n) is 4.79. The summed E-state index contributed by atoms with van der Waals surface area (Å²) in [4.78, 5) is 11.8. The summed E-state index contributed by atoms with van der Waals surface area (Å²) in [5.41, 5.74) is 11.4. The highest BCUT2D eigenvalue weighted by molar-refractivity contribution is 8.00. The molecule has 3 nitrogen and oxygen atoms in total. The second kappa shape index (κ2) is 7.84. The van der Waals surface area contributed by atoms with Gasteiger partial charge in [0.05, 0.1) is 18.2 Å². The maximum Gasteiger partial charge on any atom is 0.307 e. The number of carboxylic acid groups (broad SMARTS) is 1. The molecule has 0 aromatic heterocycles. The van der Waals surface area contributed by atoms with Crippen LogP contribution in [0.3, 0.4) is 0 Å². The number of carbonyl (C=O) groups is 1. The first-order valence-corrected chi connectivity index (χ1v) is 11.4. The zero-order valence-electron chi connectivity index (χ0n) is 18.1. The molecule has 3 aromatic rings. The molecule has 1 unspecified atom stereocenters. The Labute approximate surface area is 182 Å². The molecule has 154 valence electrons. The molecular weight excluding hydrogens is 390 g/mol. The lowest BCUT2D eigenvalue weighted by atomic mass is 9.79. The largest absolute Gasteiger partial charge is 0.481 e. The van der Waals surface area contributed by atoms with E-state index in [0.29, 0.717) is 0 Å². The lowest BCUT2D eigenvalue weighted by molar-refractivity contribution is -0.136. The Morgan fingerprint density at radius 3 is 2.30 bits per heavy atom. The number of fused-ring (bicyclic) bond motifs is 3. The second-order valence-corrected chi connectivity index (χ2v) is 8.79. The second-order valence-electron chi connectivity index (χ2n) is 8.04. The first-order chi connectivity index (χ1) is 14.3. The van der Waals surface area contributed by atoms with Gasteiger partial charge in [0.2, 0.25) is 0 Å². The van der Waals surface area contributed by atoms with Gasteiger partial charge in [0.1, 0.15) is 0 Å². The zero-order valence-corrected chi connectivity index (χ0v) is 18.9. The fourth-order valence-corrected chi connectivity index (χ4v) is 5.63. The Hall–Kier alpha value is -2.72. The van der Waals surface area contributed by atoms with Crippen molar-refractivity contribution < 1.29 is 9.90 Å². The molecule has 0 amide bonds. The molecule has 0 bridgehead atoms. The molecule has 1 atom stereocenters. The standard InChI is InChI=1S/C26H27NO2S/c1-15-10-12-19(13-11-15)24-17(3)25-21-9-7-6-8-20(21)18(4)27(30-5)26(25)16(2)22(24)14-23(28)29/h6-13,18H,14H2,1-5H3,(H,28,29). The highest BCUT2D eigenvalue weighted by Gasteiger charge is 2.33. The predicted molar refractivity (Wildman–Crippen MR) is 127 cm³/mol. The third kappa shape index (κ3) is 3.20. The average molecular weight is 418 g/mol. The molecule has 0 aliphatic carbocycles. The third-order valence-electron chi connectivity index (χ3n) is 6.21. The van der Waals surface area contributed by atoms with Crippen LogP contribution in [0.4, 0.5) is 5.69 Å². The molecule has 4 heteroatoms. The summed E-state index contributed by atoms with van der Waals surface area (Å²) >= 11 is 1.70. The van der Waals surface area contributed by atoms with E-state index in [0.717, 1.165) is 33.5 Å². The fraction of sp³-hybridized carbons (Fsp3) is 0.269. The van der Waals surface area contributed by atoms with E-state index in [2.05, 4.69) is 86.8 Å². The van der Waals surface area contributed by atoms with Gasteiger partial charge < -0.3 is 9.41 Å². The van der Waals surface area contributed by atoms with Gasteiger partial charge in [-0.05, 0) is 66.6 Å². The maximum atomic E-state index is 11.8. The molecule has 1 aliphatic heterocycles. The minimum Gasteiger partial charge on any atom is -0.481 e. The number of nitrogens with zero attached hydrogens (tertiary/aromatic N) is 1. The average Bonchev–Trinajstić information content (AvgIpc) is 2.72. The van der Waals surface area contributed by atoms with E-state index in [1.54, 1.807) is 11.9 Å². The normalized spacial score (nSPS) is 15.0. The Balaban J connectivity index is 2.13. The van der Waals surface area contributed by atoms with E-state index in [1.165, 1.54) is 22.3 Å². The SMILES string of the molecule is CSN1c2c(C)c(CC(=O)O)c(-c3ccc(C)cc3)c(C)c2-c2ccccc2C1C. The minimum atomic E-state index is -0.800. The molecule has 0 saturated carbocycles. The number of rotatable bonds is 4. The highest BCUT2D eigenvalue weighted by atomic mass is 32.2. The van der Waals surface area contributed by atoms with Crippen LogP contribution in [-0.2, 0) is 11.2 Å². The first kappa shape index (κ1) is 20.5. The molecule has 0 radical (unpaired) electrons. The van der Waals surface area contributed by atoms with E-state index in [9.17, 15) is 9.90 Å². The summed E-state index contributed by atoms with van der Waals surface area (Å²) < 4.78 is 2.34. The van der Waals surface area contributed by atoms with Gasteiger partial charge >= 0.3 is 5.97 Å². The van der Waals surface area contributed by atoms with E-state index >= 15 is 0 Å². The Morgan fingerprint density at radius 1 is 1.00 bits per heavy atom. The predicted octanol–water partition coefficient (Wildman–Crippen LogP) is 6.73. The zero-order chi connectivity index (χ0) is 21.6. The summed E-state index contributed by atoms with van der Waals surface area (Å²) in [5.74, 6) is -0.800. The Morgan fingerprint density at radius 2 is 1.67 bits per heavy atom. The van der Waals surface area contributed by atoms with E-state index in [-0.39, 0.29) is 12.5 Å². The van der Waals surface area contributed by atoms with Crippen molar-refractivity contribution in [2.24, 2.45) is 0 Å². The van der Waals surface area contributed by atoms with Crippen molar-refractivity contribution >= 4 is 23.6 Å². The summed E-state index contributed by atoms with van der Waals surface area (Å²) in [6, 6.07) is 17.2. The van der Waals surface area contributed by atoms with Crippen molar-refractivity contribution in [1.29, 1.82) is 0 Å². The smallest absolute Gasteiger partial charge is 0.307 e. The molecule has 0 spiro atoms. The van der Waals surface area contributed by atoms with Gasteiger partial charge in [-0.1, -0.05) is 66.0 Å². The summed E-state index contributed by atoms with van der Waals surface area (Å²) in [5, 5.41) is 9.72. The molecule has 1 heterocycles. The van der Waals surface area contributed by atoms with E-state index < -0.39 is 5.97 Å². The van der Waals surface area contributed by atoms with Gasteiger partial charge in [0, 0.05) is 11.8 Å². The molecule has 1 N–H and O–H groups in total. The maximum absolute atomic E-state index is 11.8. The van der Waals surface area contributed by atoms with Gasteiger partial charge in [0.15, 0.2) is 0 Å². The monoisotopic (exact) mass is 417 g/mol. The topological polar surface area (TPSA) is 40.5 Å². The van der Waals surface area contributed by atoms with Crippen LogP contribution in [0.2, 0.25) is 0 Å². The van der Waals surface area contributed by atoms with Crippen LogP contribution >= 0.6 is 11.9 Å². The van der Waals surface area contributed by atoms with Crippen molar-refractivity contribution in [3.05, 3.63) is 76.3 Å². The number of benzene rings is 3. The molecule has 30 heavy (non-hydrogen) atoms. The van der Waals surface area contributed by atoms with Crippen molar-refractivity contribution in [1.82, 2.24) is 0 Å².